The predicted octanol–water partition coefficient (Wildman–Crippen LogP) is 2.92. The van der Waals surface area contributed by atoms with E-state index in [4.69, 9.17) is 14.6 Å². The number of ether oxygens (including phenoxy) is 2. The number of aromatic carboxylic acids is 1. The van der Waals surface area contributed by atoms with Crippen LogP contribution in [0, 0.1) is 0 Å². The molecule has 7 rings (SSSR count). The van der Waals surface area contributed by atoms with Gasteiger partial charge in [0.25, 0.3) is 11.8 Å². The van der Waals surface area contributed by atoms with E-state index in [1.54, 1.807) is 33.9 Å². The maximum Gasteiger partial charge on any atom is 0.354 e. The smallest absolute Gasteiger partial charge is 0.354 e. The number of amides is 2. The van der Waals surface area contributed by atoms with Gasteiger partial charge in [-0.1, -0.05) is 30.3 Å². The number of morpholine rings is 1. The van der Waals surface area contributed by atoms with Gasteiger partial charge in [0.1, 0.15) is 0 Å². The zero-order chi connectivity index (χ0) is 32.2. The minimum atomic E-state index is -1.15. The fourth-order valence-corrected chi connectivity index (χ4v) is 4.91. The van der Waals surface area contributed by atoms with Crippen molar-refractivity contribution in [2.24, 2.45) is 7.05 Å². The van der Waals surface area contributed by atoms with Crippen LogP contribution in [0.15, 0.2) is 61.1 Å². The Morgan fingerprint density at radius 2 is 1.78 bits per heavy atom. The number of nitrogens with one attached hydrogen (secondary N) is 1. The molecule has 236 valence electrons. The molecule has 2 fully saturated rings. The molecule has 1 aliphatic carbocycles. The van der Waals surface area contributed by atoms with E-state index in [-0.39, 0.29) is 34.6 Å². The number of hydrogen-bond donors (Lipinski definition) is 2. The van der Waals surface area contributed by atoms with E-state index in [2.05, 4.69) is 30.5 Å². The van der Waals surface area contributed by atoms with Gasteiger partial charge in [-0.3, -0.25) is 14.3 Å². The van der Waals surface area contributed by atoms with E-state index in [1.165, 1.54) is 25.0 Å². The first-order chi connectivity index (χ1) is 22.3. The zero-order valence-corrected chi connectivity index (χ0v) is 25.2. The summed E-state index contributed by atoms with van der Waals surface area (Å²) in [6.07, 6.45) is 6.85. The number of aryl methyl sites for hydroxylation is 1. The SMILES string of the molecule is COc1ncc(C2CC2)nc1C(=O)Nc1ccc2nc(-c3ccccc3)nn2c1.Cn1ncc(C(=O)N2CCOCC2)c1C(=O)O. The molecule has 4 aromatic heterocycles. The van der Waals surface area contributed by atoms with Crippen LogP contribution in [-0.4, -0.2) is 95.5 Å². The molecule has 46 heavy (non-hydrogen) atoms. The summed E-state index contributed by atoms with van der Waals surface area (Å²) < 4.78 is 13.2. The number of carbonyl (C=O) groups excluding carboxylic acids is 2. The van der Waals surface area contributed by atoms with E-state index in [0.717, 1.165) is 24.1 Å². The number of anilines is 1. The number of carbonyl (C=O) groups is 3. The maximum absolute atomic E-state index is 12.8. The highest BCUT2D eigenvalue weighted by Gasteiger charge is 2.28. The predicted molar refractivity (Wildman–Crippen MR) is 164 cm³/mol. The van der Waals surface area contributed by atoms with Crippen LogP contribution >= 0.6 is 0 Å². The summed E-state index contributed by atoms with van der Waals surface area (Å²) >= 11 is 0. The molecule has 2 N–H and O–H groups in total. The van der Waals surface area contributed by atoms with Crippen LogP contribution in [0.1, 0.15) is 55.8 Å². The summed E-state index contributed by atoms with van der Waals surface area (Å²) in [6, 6.07) is 13.3. The summed E-state index contributed by atoms with van der Waals surface area (Å²) in [6.45, 7) is 1.92. The lowest BCUT2D eigenvalue weighted by Crippen LogP contribution is -2.41. The fourth-order valence-electron chi connectivity index (χ4n) is 4.91. The minimum absolute atomic E-state index is 0.0820. The van der Waals surface area contributed by atoms with E-state index < -0.39 is 5.97 Å². The third-order valence-electron chi connectivity index (χ3n) is 7.45. The second-order valence-corrected chi connectivity index (χ2v) is 10.6. The van der Waals surface area contributed by atoms with Gasteiger partial charge in [-0.15, -0.1) is 5.10 Å². The van der Waals surface area contributed by atoms with Crippen LogP contribution in [0.2, 0.25) is 0 Å². The topological polar surface area (TPSA) is 179 Å². The molecule has 2 aliphatic rings. The van der Waals surface area contributed by atoms with Crippen LogP contribution in [0.3, 0.4) is 0 Å². The third-order valence-corrected chi connectivity index (χ3v) is 7.45. The van der Waals surface area contributed by atoms with Gasteiger partial charge in [0.2, 0.25) is 5.88 Å². The number of carboxylic acid groups (broad SMARTS) is 1. The van der Waals surface area contributed by atoms with Crippen molar-refractivity contribution in [1.82, 2.24) is 39.2 Å². The molecular weight excluding hydrogens is 594 g/mol. The van der Waals surface area contributed by atoms with Gasteiger partial charge in [-0.25, -0.2) is 24.3 Å². The normalized spacial score (nSPS) is 14.3. The number of aromatic nitrogens is 7. The van der Waals surface area contributed by atoms with Crippen molar-refractivity contribution in [2.45, 2.75) is 18.8 Å². The number of methoxy groups -OCH3 is 1. The van der Waals surface area contributed by atoms with Crippen molar-refractivity contribution in [3.8, 4) is 17.3 Å². The summed E-state index contributed by atoms with van der Waals surface area (Å²) in [7, 11) is 2.98. The molecule has 1 saturated carbocycles. The number of pyridine rings is 1. The Morgan fingerprint density at radius 1 is 1.02 bits per heavy atom. The molecule has 5 heterocycles. The summed E-state index contributed by atoms with van der Waals surface area (Å²) in [5.74, 6) is -0.610. The van der Waals surface area contributed by atoms with Crippen LogP contribution < -0.4 is 10.1 Å². The van der Waals surface area contributed by atoms with Crippen LogP contribution in [0.5, 0.6) is 5.88 Å². The second kappa shape index (κ2) is 13.1. The molecule has 0 unspecified atom stereocenters. The van der Waals surface area contributed by atoms with Gasteiger partial charge in [0.15, 0.2) is 22.9 Å². The molecule has 15 nitrogen and oxygen atoms in total. The second-order valence-electron chi connectivity index (χ2n) is 10.6. The fraction of sp³-hybridized carbons (Fsp3) is 0.290. The average molecular weight is 626 g/mol. The molecular formula is C31H31N9O6. The number of carboxylic acids is 1. The van der Waals surface area contributed by atoms with Crippen molar-refractivity contribution in [3.05, 3.63) is 83.7 Å². The Morgan fingerprint density at radius 3 is 2.48 bits per heavy atom. The van der Waals surface area contributed by atoms with Crippen molar-refractivity contribution in [3.63, 3.8) is 0 Å². The van der Waals surface area contributed by atoms with E-state index in [9.17, 15) is 14.4 Å². The van der Waals surface area contributed by atoms with E-state index >= 15 is 0 Å². The molecule has 0 atom stereocenters. The van der Waals surface area contributed by atoms with Crippen LogP contribution in [-0.2, 0) is 11.8 Å². The first-order valence-corrected chi connectivity index (χ1v) is 14.6. The van der Waals surface area contributed by atoms with Gasteiger partial charge >= 0.3 is 5.97 Å². The van der Waals surface area contributed by atoms with Gasteiger partial charge in [0, 0.05) is 31.6 Å². The average Bonchev–Trinajstić information content (AvgIpc) is 3.73. The van der Waals surface area contributed by atoms with Crippen molar-refractivity contribution >= 4 is 29.1 Å². The zero-order valence-electron chi connectivity index (χ0n) is 25.2. The van der Waals surface area contributed by atoms with Crippen molar-refractivity contribution < 1.29 is 29.0 Å². The molecule has 0 spiro atoms. The number of nitrogens with zero attached hydrogens (tertiary/aromatic N) is 8. The summed E-state index contributed by atoms with van der Waals surface area (Å²) in [5.41, 5.74) is 3.25. The van der Waals surface area contributed by atoms with E-state index in [1.807, 2.05) is 30.3 Å². The molecule has 5 aromatic rings. The highest BCUT2D eigenvalue weighted by Crippen LogP contribution is 2.39. The monoisotopic (exact) mass is 625 g/mol. The molecule has 2 amide bonds. The first kappa shape index (κ1) is 30.3. The molecule has 15 heteroatoms. The lowest BCUT2D eigenvalue weighted by Gasteiger charge is -2.26. The largest absolute Gasteiger partial charge is 0.479 e. The lowest BCUT2D eigenvalue weighted by molar-refractivity contribution is 0.0300. The third kappa shape index (κ3) is 6.53. The number of fused-ring (bicyclic) bond motifs is 1. The Bertz CT molecular complexity index is 1900. The highest BCUT2D eigenvalue weighted by atomic mass is 16.5. The Balaban J connectivity index is 0.000000187. The van der Waals surface area contributed by atoms with Gasteiger partial charge < -0.3 is 24.8 Å². The van der Waals surface area contributed by atoms with Gasteiger partial charge in [0.05, 0.1) is 55.9 Å². The van der Waals surface area contributed by atoms with Gasteiger partial charge in [-0.05, 0) is 25.0 Å². The molecule has 0 bridgehead atoms. The highest BCUT2D eigenvalue weighted by molar-refractivity contribution is 6.04. The molecule has 1 aromatic carbocycles. The maximum atomic E-state index is 12.8. The molecule has 1 aliphatic heterocycles. The number of rotatable bonds is 7. The standard InChI is InChI=1S/C21H18N6O2.C10H13N3O4/c1-29-21-18(24-16(11-22-21)13-7-8-13)20(28)23-15-9-10-17-25-19(26-27(17)12-15)14-5-3-2-4-6-14;1-12-8(10(15)16)7(6-11-12)9(14)13-2-4-17-5-3-13/h2-6,9-13H,7-8H2,1H3,(H,23,28);6H,2-5H2,1H3,(H,15,16). The first-order valence-electron chi connectivity index (χ1n) is 14.6. The Kier molecular flexibility index (Phi) is 8.65. The van der Waals surface area contributed by atoms with Crippen LogP contribution in [0.4, 0.5) is 5.69 Å². The minimum Gasteiger partial charge on any atom is -0.479 e. The van der Waals surface area contributed by atoms with Gasteiger partial charge in [-0.2, -0.15) is 5.10 Å². The quantitative estimate of drug-likeness (QED) is 0.272. The summed E-state index contributed by atoms with van der Waals surface area (Å²) in [5, 5.41) is 20.2. The number of benzene rings is 1. The Hall–Kier alpha value is -5.70. The Labute approximate surface area is 262 Å². The van der Waals surface area contributed by atoms with Crippen LogP contribution in [0.25, 0.3) is 17.0 Å². The van der Waals surface area contributed by atoms with Crippen molar-refractivity contribution in [2.75, 3.05) is 38.7 Å². The molecule has 0 radical (unpaired) electrons. The number of hydrogen-bond acceptors (Lipinski definition) is 10. The molecule has 1 saturated heterocycles. The lowest BCUT2D eigenvalue weighted by atomic mass is 10.2. The van der Waals surface area contributed by atoms with Crippen molar-refractivity contribution in [1.29, 1.82) is 0 Å². The van der Waals surface area contributed by atoms with E-state index in [0.29, 0.717) is 49.4 Å². The summed E-state index contributed by atoms with van der Waals surface area (Å²) in [4.78, 5) is 50.7.